The van der Waals surface area contributed by atoms with Crippen molar-refractivity contribution in [1.82, 2.24) is 9.55 Å². The number of sulfone groups is 1. The topological polar surface area (TPSA) is 69.0 Å². The predicted molar refractivity (Wildman–Crippen MR) is 117 cm³/mol. The van der Waals surface area contributed by atoms with Gasteiger partial charge in [-0.2, -0.15) is 0 Å². The van der Waals surface area contributed by atoms with Crippen molar-refractivity contribution in [1.29, 1.82) is 0 Å². The lowest BCUT2D eigenvalue weighted by Gasteiger charge is -2.11. The van der Waals surface area contributed by atoms with Gasteiger partial charge in [-0.15, -0.1) is 0 Å². The van der Waals surface area contributed by atoms with Crippen molar-refractivity contribution in [3.8, 4) is 22.5 Å². The molecule has 1 aliphatic carbocycles. The molecule has 1 aliphatic rings. The van der Waals surface area contributed by atoms with Crippen LogP contribution in [0.2, 0.25) is 0 Å². The molecule has 5 rings (SSSR count). The highest BCUT2D eigenvalue weighted by molar-refractivity contribution is 7.90. The first-order chi connectivity index (χ1) is 14.5. The Kier molecular flexibility index (Phi) is 4.33. The second kappa shape index (κ2) is 6.92. The zero-order valence-corrected chi connectivity index (χ0v) is 17.3. The molecular formula is C24H20N2O3S. The van der Waals surface area contributed by atoms with Gasteiger partial charge in [0.2, 0.25) is 0 Å². The van der Waals surface area contributed by atoms with Crippen molar-refractivity contribution >= 4 is 27.0 Å². The molecule has 30 heavy (non-hydrogen) atoms. The number of fused-ring (bicyclic) bond motifs is 1. The normalized spacial score (nSPS) is 14.2. The second-order valence-electron chi connectivity index (χ2n) is 7.76. The number of aldehydes is 1. The van der Waals surface area contributed by atoms with E-state index in [0.717, 1.165) is 52.5 Å². The van der Waals surface area contributed by atoms with Gasteiger partial charge < -0.3 is 4.57 Å². The summed E-state index contributed by atoms with van der Waals surface area (Å²) in [6.45, 7) is 0. The Labute approximate surface area is 174 Å². The zero-order chi connectivity index (χ0) is 20.9. The maximum atomic E-state index is 11.8. The molecule has 0 radical (unpaired) electrons. The van der Waals surface area contributed by atoms with E-state index in [2.05, 4.69) is 15.6 Å². The molecule has 150 valence electrons. The molecule has 1 saturated carbocycles. The summed E-state index contributed by atoms with van der Waals surface area (Å²) in [7, 11) is -3.23. The first-order valence-electron chi connectivity index (χ1n) is 9.82. The minimum atomic E-state index is -3.23. The van der Waals surface area contributed by atoms with Crippen LogP contribution in [0.4, 0.5) is 0 Å². The summed E-state index contributed by atoms with van der Waals surface area (Å²) in [5, 5.41) is 1.02. The number of hydrogen-bond acceptors (Lipinski definition) is 4. The third-order valence-corrected chi connectivity index (χ3v) is 6.71. The van der Waals surface area contributed by atoms with Crippen LogP contribution < -0.4 is 0 Å². The quantitative estimate of drug-likeness (QED) is 0.433. The standard InChI is InChI=1S/C24H20N2O3S/c1-30(28,29)20-10-6-16(7-11-20)23-12-18-14-25-22(13-24(18)26(23)19-8-9-19)21-5-3-2-4-17(21)15-27/h2-7,10-15,19H,8-9H2,1H3. The average Bonchev–Trinajstić information content (AvgIpc) is 3.52. The molecule has 0 saturated heterocycles. The fraction of sp³-hybridized carbons (Fsp3) is 0.167. The Morgan fingerprint density at radius 1 is 1.03 bits per heavy atom. The molecule has 1 fully saturated rings. The van der Waals surface area contributed by atoms with Crippen LogP contribution in [-0.2, 0) is 9.84 Å². The summed E-state index contributed by atoms with van der Waals surface area (Å²) in [4.78, 5) is 16.4. The van der Waals surface area contributed by atoms with Crippen LogP contribution in [0.3, 0.4) is 0 Å². The van der Waals surface area contributed by atoms with E-state index in [0.29, 0.717) is 16.5 Å². The average molecular weight is 417 g/mol. The van der Waals surface area contributed by atoms with Gasteiger partial charge in [0.05, 0.1) is 16.1 Å². The molecule has 0 N–H and O–H groups in total. The summed E-state index contributed by atoms with van der Waals surface area (Å²) in [6, 6.07) is 19.1. The summed E-state index contributed by atoms with van der Waals surface area (Å²) in [6.07, 6.45) is 6.14. The van der Waals surface area contributed by atoms with E-state index in [1.165, 1.54) is 6.26 Å². The van der Waals surface area contributed by atoms with Crippen LogP contribution in [0, 0.1) is 0 Å². The lowest BCUT2D eigenvalue weighted by atomic mass is 10.0. The Hall–Kier alpha value is -3.25. The number of rotatable bonds is 5. The van der Waals surface area contributed by atoms with E-state index < -0.39 is 9.84 Å². The molecule has 2 aromatic heterocycles. The number of pyridine rings is 1. The maximum Gasteiger partial charge on any atom is 0.175 e. The van der Waals surface area contributed by atoms with Gasteiger partial charge in [-0.1, -0.05) is 36.4 Å². The van der Waals surface area contributed by atoms with Crippen molar-refractivity contribution in [2.75, 3.05) is 6.26 Å². The molecule has 0 spiro atoms. The van der Waals surface area contributed by atoms with Crippen molar-refractivity contribution < 1.29 is 13.2 Å². The van der Waals surface area contributed by atoms with Gasteiger partial charge >= 0.3 is 0 Å². The van der Waals surface area contributed by atoms with E-state index in [1.807, 2.05) is 42.6 Å². The van der Waals surface area contributed by atoms with Crippen LogP contribution in [0.5, 0.6) is 0 Å². The van der Waals surface area contributed by atoms with Crippen LogP contribution in [0.15, 0.2) is 71.8 Å². The molecule has 0 atom stereocenters. The van der Waals surface area contributed by atoms with E-state index in [1.54, 1.807) is 18.2 Å². The third-order valence-electron chi connectivity index (χ3n) is 5.58. The molecule has 6 heteroatoms. The number of carbonyl (C=O) groups excluding carboxylic acids is 1. The number of carbonyl (C=O) groups is 1. The van der Waals surface area contributed by atoms with Gasteiger partial charge in [0, 0.05) is 40.7 Å². The predicted octanol–water partition coefficient (Wildman–Crippen LogP) is 4.92. The summed E-state index contributed by atoms with van der Waals surface area (Å²) >= 11 is 0. The largest absolute Gasteiger partial charge is 0.337 e. The molecule has 2 aromatic carbocycles. The Morgan fingerprint density at radius 2 is 1.77 bits per heavy atom. The van der Waals surface area contributed by atoms with Crippen molar-refractivity contribution in [2.24, 2.45) is 0 Å². The van der Waals surface area contributed by atoms with Crippen LogP contribution in [0.1, 0.15) is 29.2 Å². The molecule has 4 aromatic rings. The van der Waals surface area contributed by atoms with E-state index in [-0.39, 0.29) is 0 Å². The highest BCUT2D eigenvalue weighted by Gasteiger charge is 2.28. The van der Waals surface area contributed by atoms with Crippen LogP contribution >= 0.6 is 0 Å². The van der Waals surface area contributed by atoms with Gasteiger partial charge in [0.15, 0.2) is 16.1 Å². The van der Waals surface area contributed by atoms with Crippen LogP contribution in [-0.4, -0.2) is 30.5 Å². The minimum Gasteiger partial charge on any atom is -0.337 e. The lowest BCUT2D eigenvalue weighted by Crippen LogP contribution is -1.99. The second-order valence-corrected chi connectivity index (χ2v) is 9.78. The molecule has 0 amide bonds. The molecule has 0 aliphatic heterocycles. The molecule has 5 nitrogen and oxygen atoms in total. The van der Waals surface area contributed by atoms with Crippen molar-refractivity contribution in [3.63, 3.8) is 0 Å². The highest BCUT2D eigenvalue weighted by atomic mass is 32.2. The van der Waals surface area contributed by atoms with Gasteiger partial charge in [-0.25, -0.2) is 8.42 Å². The molecule has 0 bridgehead atoms. The highest BCUT2D eigenvalue weighted by Crippen LogP contribution is 2.43. The minimum absolute atomic E-state index is 0.315. The monoisotopic (exact) mass is 416 g/mol. The number of hydrogen-bond donors (Lipinski definition) is 0. The van der Waals surface area contributed by atoms with Gasteiger partial charge in [-0.05, 0) is 42.7 Å². The summed E-state index contributed by atoms with van der Waals surface area (Å²) in [5.74, 6) is 0. The fourth-order valence-corrected chi connectivity index (χ4v) is 4.55. The van der Waals surface area contributed by atoms with E-state index in [9.17, 15) is 13.2 Å². The Morgan fingerprint density at radius 3 is 2.43 bits per heavy atom. The van der Waals surface area contributed by atoms with E-state index in [4.69, 9.17) is 0 Å². The Balaban J connectivity index is 1.67. The molecular weight excluding hydrogens is 396 g/mol. The number of aromatic nitrogens is 2. The summed E-state index contributed by atoms with van der Waals surface area (Å²) in [5.41, 5.74) is 5.30. The SMILES string of the molecule is CS(=O)(=O)c1ccc(-c2cc3cnc(-c4ccccc4C=O)cc3n2C2CC2)cc1. The van der Waals surface area contributed by atoms with Crippen molar-refractivity contribution in [3.05, 3.63) is 72.4 Å². The third kappa shape index (κ3) is 3.23. The van der Waals surface area contributed by atoms with Gasteiger partial charge in [0.25, 0.3) is 0 Å². The zero-order valence-electron chi connectivity index (χ0n) is 16.4. The van der Waals surface area contributed by atoms with Gasteiger partial charge in [0.1, 0.15) is 0 Å². The lowest BCUT2D eigenvalue weighted by molar-refractivity contribution is 0.112. The van der Waals surface area contributed by atoms with Gasteiger partial charge in [-0.3, -0.25) is 9.78 Å². The number of nitrogens with zero attached hydrogens (tertiary/aromatic N) is 2. The summed E-state index contributed by atoms with van der Waals surface area (Å²) < 4.78 is 25.9. The maximum absolute atomic E-state index is 11.8. The first kappa shape index (κ1) is 18.8. The molecule has 2 heterocycles. The van der Waals surface area contributed by atoms with Crippen LogP contribution in [0.25, 0.3) is 33.4 Å². The number of benzene rings is 2. The fourth-order valence-electron chi connectivity index (χ4n) is 3.92. The Bertz CT molecular complexity index is 1380. The molecule has 0 unspecified atom stereocenters. The van der Waals surface area contributed by atoms with E-state index >= 15 is 0 Å². The van der Waals surface area contributed by atoms with Crippen molar-refractivity contribution in [2.45, 2.75) is 23.8 Å². The first-order valence-corrected chi connectivity index (χ1v) is 11.7. The smallest absolute Gasteiger partial charge is 0.175 e.